The molecule has 0 spiro atoms. The van der Waals surface area contributed by atoms with E-state index in [2.05, 4.69) is 32.9 Å². The van der Waals surface area contributed by atoms with Crippen molar-refractivity contribution in [2.24, 2.45) is 5.41 Å². The van der Waals surface area contributed by atoms with Crippen LogP contribution in [0.1, 0.15) is 65.4 Å². The van der Waals surface area contributed by atoms with E-state index in [9.17, 15) is 9.59 Å². The number of hydrogen-bond donors (Lipinski definition) is 0. The van der Waals surface area contributed by atoms with Crippen molar-refractivity contribution in [1.29, 1.82) is 0 Å². The summed E-state index contributed by atoms with van der Waals surface area (Å²) in [5.41, 5.74) is 3.38. The summed E-state index contributed by atoms with van der Waals surface area (Å²) in [6.07, 6.45) is 9.47. The van der Waals surface area contributed by atoms with Crippen LogP contribution in [0, 0.1) is 5.41 Å². The second-order valence-electron chi connectivity index (χ2n) is 7.78. The Morgan fingerprint density at radius 3 is 2.43 bits per heavy atom. The second-order valence-corrected chi connectivity index (χ2v) is 7.78. The Kier molecular flexibility index (Phi) is 7.98. The first-order valence-electron chi connectivity index (χ1n) is 10.2. The highest BCUT2D eigenvalue weighted by molar-refractivity contribution is 6.06. The molecule has 28 heavy (non-hydrogen) atoms. The summed E-state index contributed by atoms with van der Waals surface area (Å²) in [7, 11) is 0. The minimum absolute atomic E-state index is 0.0731. The summed E-state index contributed by atoms with van der Waals surface area (Å²) in [5, 5.41) is 0. The second kappa shape index (κ2) is 10.2. The molecule has 0 heterocycles. The molecular weight excluding hydrogens is 348 g/mol. The SMILES string of the molecule is CCOC(=O)C1(C/C(C)=C/CCC=C(C)C)CCC(=O)C=C1c1ccccc1. The van der Waals surface area contributed by atoms with E-state index in [1.165, 1.54) is 5.57 Å². The van der Waals surface area contributed by atoms with Gasteiger partial charge in [0.25, 0.3) is 0 Å². The monoisotopic (exact) mass is 380 g/mol. The molecule has 150 valence electrons. The van der Waals surface area contributed by atoms with E-state index < -0.39 is 5.41 Å². The van der Waals surface area contributed by atoms with Crippen LogP contribution in [0.3, 0.4) is 0 Å². The van der Waals surface area contributed by atoms with Gasteiger partial charge in [0.05, 0.1) is 12.0 Å². The van der Waals surface area contributed by atoms with Gasteiger partial charge in [-0.3, -0.25) is 9.59 Å². The molecule has 0 N–H and O–H groups in total. The number of carbonyl (C=O) groups excluding carboxylic acids is 2. The Hall–Kier alpha value is -2.42. The number of allylic oxidation sites excluding steroid dienone is 5. The lowest BCUT2D eigenvalue weighted by molar-refractivity contribution is -0.152. The maximum Gasteiger partial charge on any atom is 0.316 e. The predicted octanol–water partition coefficient (Wildman–Crippen LogP) is 6.07. The highest BCUT2D eigenvalue weighted by atomic mass is 16.5. The zero-order valence-electron chi connectivity index (χ0n) is 17.6. The molecule has 3 heteroatoms. The van der Waals surface area contributed by atoms with Gasteiger partial charge in [-0.05, 0) is 70.6 Å². The van der Waals surface area contributed by atoms with Crippen molar-refractivity contribution in [2.45, 2.75) is 59.8 Å². The number of ketones is 1. The standard InChI is InChI=1S/C25H32O3/c1-5-28-24(27)25(18-20(4)12-10-9-11-19(2)3)16-15-22(26)17-23(25)21-13-7-6-8-14-21/h6-8,11-14,17H,5,9-10,15-16,18H2,1-4H3/b20-12+. The molecule has 1 atom stereocenters. The number of rotatable bonds is 8. The van der Waals surface area contributed by atoms with Crippen molar-refractivity contribution in [3.63, 3.8) is 0 Å². The van der Waals surface area contributed by atoms with Crippen molar-refractivity contribution < 1.29 is 14.3 Å². The lowest BCUT2D eigenvalue weighted by Gasteiger charge is -2.37. The van der Waals surface area contributed by atoms with E-state index in [0.717, 1.165) is 29.6 Å². The molecule has 1 aromatic rings. The van der Waals surface area contributed by atoms with Crippen LogP contribution in [0.25, 0.3) is 5.57 Å². The smallest absolute Gasteiger partial charge is 0.316 e. The van der Waals surface area contributed by atoms with E-state index in [-0.39, 0.29) is 11.8 Å². The third-order valence-corrected chi connectivity index (χ3v) is 5.16. The molecule has 0 radical (unpaired) electrons. The number of ether oxygens (including phenoxy) is 1. The molecule has 0 bridgehead atoms. The van der Waals surface area contributed by atoms with Gasteiger partial charge in [0, 0.05) is 6.42 Å². The van der Waals surface area contributed by atoms with Crippen LogP contribution >= 0.6 is 0 Å². The number of carbonyl (C=O) groups is 2. The number of benzene rings is 1. The van der Waals surface area contributed by atoms with Gasteiger partial charge in [-0.1, -0.05) is 53.6 Å². The topological polar surface area (TPSA) is 43.4 Å². The molecule has 1 aromatic carbocycles. The first-order valence-corrected chi connectivity index (χ1v) is 10.2. The highest BCUT2D eigenvalue weighted by Gasteiger charge is 2.46. The lowest BCUT2D eigenvalue weighted by Crippen LogP contribution is -2.38. The average Bonchev–Trinajstić information content (AvgIpc) is 2.67. The molecule has 1 aliphatic carbocycles. The van der Waals surface area contributed by atoms with Gasteiger partial charge in [0.1, 0.15) is 0 Å². The zero-order chi connectivity index (χ0) is 20.6. The van der Waals surface area contributed by atoms with Gasteiger partial charge < -0.3 is 4.74 Å². The first-order chi connectivity index (χ1) is 13.4. The van der Waals surface area contributed by atoms with Crippen LogP contribution in [0.2, 0.25) is 0 Å². The molecule has 1 aliphatic rings. The van der Waals surface area contributed by atoms with Crippen molar-refractivity contribution in [2.75, 3.05) is 6.61 Å². The largest absolute Gasteiger partial charge is 0.465 e. The van der Waals surface area contributed by atoms with Crippen LogP contribution < -0.4 is 0 Å². The summed E-state index contributed by atoms with van der Waals surface area (Å²) in [6, 6.07) is 9.74. The van der Waals surface area contributed by atoms with Crippen LogP contribution in [0.4, 0.5) is 0 Å². The summed E-state index contributed by atoms with van der Waals surface area (Å²) >= 11 is 0. The lowest BCUT2D eigenvalue weighted by atomic mass is 9.66. The Bertz CT molecular complexity index is 779. The normalized spacial score (nSPS) is 19.8. The van der Waals surface area contributed by atoms with E-state index in [1.54, 1.807) is 6.08 Å². The molecule has 3 nitrogen and oxygen atoms in total. The van der Waals surface area contributed by atoms with E-state index in [0.29, 0.717) is 25.9 Å². The number of unbranched alkanes of at least 4 members (excludes halogenated alkanes) is 1. The summed E-state index contributed by atoms with van der Waals surface area (Å²) < 4.78 is 5.50. The van der Waals surface area contributed by atoms with Gasteiger partial charge in [0.2, 0.25) is 0 Å². The molecule has 0 fully saturated rings. The van der Waals surface area contributed by atoms with Crippen molar-refractivity contribution in [3.05, 3.63) is 65.3 Å². The van der Waals surface area contributed by atoms with E-state index in [1.807, 2.05) is 37.3 Å². The van der Waals surface area contributed by atoms with Crippen LogP contribution in [0.5, 0.6) is 0 Å². The predicted molar refractivity (Wildman–Crippen MR) is 115 cm³/mol. The number of esters is 1. The zero-order valence-corrected chi connectivity index (χ0v) is 17.6. The van der Waals surface area contributed by atoms with Gasteiger partial charge >= 0.3 is 5.97 Å². The summed E-state index contributed by atoms with van der Waals surface area (Å²) in [5.74, 6) is -0.154. The van der Waals surface area contributed by atoms with Gasteiger partial charge in [-0.2, -0.15) is 0 Å². The van der Waals surface area contributed by atoms with Crippen molar-refractivity contribution >= 4 is 17.3 Å². The molecule has 0 aromatic heterocycles. The van der Waals surface area contributed by atoms with Crippen molar-refractivity contribution in [3.8, 4) is 0 Å². The van der Waals surface area contributed by atoms with Crippen LogP contribution in [0.15, 0.2) is 59.7 Å². The van der Waals surface area contributed by atoms with Gasteiger partial charge in [-0.15, -0.1) is 0 Å². The van der Waals surface area contributed by atoms with Crippen LogP contribution in [-0.2, 0) is 14.3 Å². The first kappa shape index (κ1) is 21.9. The fourth-order valence-corrected chi connectivity index (χ4v) is 3.81. The number of hydrogen-bond acceptors (Lipinski definition) is 3. The molecule has 0 saturated carbocycles. The summed E-state index contributed by atoms with van der Waals surface area (Å²) in [6.45, 7) is 8.43. The quantitative estimate of drug-likeness (QED) is 0.312. The third-order valence-electron chi connectivity index (χ3n) is 5.16. The molecule has 1 unspecified atom stereocenters. The maximum absolute atomic E-state index is 13.2. The molecule has 2 rings (SSSR count). The third kappa shape index (κ3) is 5.54. The fourth-order valence-electron chi connectivity index (χ4n) is 3.81. The van der Waals surface area contributed by atoms with Gasteiger partial charge in [-0.25, -0.2) is 0 Å². The Balaban J connectivity index is 2.40. The molecule has 0 amide bonds. The molecule has 0 aliphatic heterocycles. The Morgan fingerprint density at radius 1 is 1.11 bits per heavy atom. The fraction of sp³-hybridized carbons (Fsp3) is 0.440. The minimum atomic E-state index is -0.803. The minimum Gasteiger partial charge on any atom is -0.465 e. The average molecular weight is 381 g/mol. The molecular formula is C25H32O3. The van der Waals surface area contributed by atoms with Crippen molar-refractivity contribution in [1.82, 2.24) is 0 Å². The van der Waals surface area contributed by atoms with Crippen LogP contribution in [-0.4, -0.2) is 18.4 Å². The summed E-state index contributed by atoms with van der Waals surface area (Å²) in [4.78, 5) is 25.4. The van der Waals surface area contributed by atoms with Gasteiger partial charge in [0.15, 0.2) is 5.78 Å². The maximum atomic E-state index is 13.2. The highest BCUT2D eigenvalue weighted by Crippen LogP contribution is 2.48. The molecule has 0 saturated heterocycles. The Labute approximate surface area is 169 Å². The van der Waals surface area contributed by atoms with E-state index in [4.69, 9.17) is 4.74 Å². The van der Waals surface area contributed by atoms with E-state index >= 15 is 0 Å². The Morgan fingerprint density at radius 2 is 1.79 bits per heavy atom.